The Kier molecular flexibility index (Phi) is 7.95. The van der Waals surface area contributed by atoms with Gasteiger partial charge in [-0.3, -0.25) is 0 Å². The van der Waals surface area contributed by atoms with Gasteiger partial charge in [0.1, 0.15) is 0 Å². The van der Waals surface area contributed by atoms with Gasteiger partial charge in [-0.05, 0) is 70.5 Å². The fourth-order valence-corrected chi connectivity index (χ4v) is 8.89. The van der Waals surface area contributed by atoms with Crippen LogP contribution in [0.25, 0.3) is 66.8 Å². The number of rotatable bonds is 3. The molecule has 0 bridgehead atoms. The maximum Gasteiger partial charge on any atom is 0.403 e. The van der Waals surface area contributed by atoms with Gasteiger partial charge in [0.05, 0.1) is 23.6 Å². The zero-order valence-corrected chi connectivity index (χ0v) is 30.9. The summed E-state index contributed by atoms with van der Waals surface area (Å²) < 4.78 is 12.6. The first-order valence-corrected chi connectivity index (χ1v) is 19.0. The molecule has 8 aromatic rings. The van der Waals surface area contributed by atoms with E-state index >= 15 is 0 Å². The number of methoxy groups -OCH3 is 1. The lowest BCUT2D eigenvalue weighted by atomic mass is 9.85. The molecule has 0 N–H and O–H groups in total. The lowest BCUT2D eigenvalue weighted by Crippen LogP contribution is -2.50. The van der Waals surface area contributed by atoms with Crippen LogP contribution in [0.3, 0.4) is 0 Å². The van der Waals surface area contributed by atoms with Gasteiger partial charge >= 0.3 is 5.97 Å². The maximum absolute atomic E-state index is 13.9. The van der Waals surface area contributed by atoms with Crippen LogP contribution in [0.4, 0.5) is 0 Å². The molecule has 2 aliphatic rings. The molecule has 0 saturated heterocycles. The Morgan fingerprint density at radius 2 is 1.35 bits per heavy atom. The van der Waals surface area contributed by atoms with Gasteiger partial charge in [0.2, 0.25) is 30.2 Å². The molecule has 55 heavy (non-hydrogen) atoms. The minimum atomic E-state index is -0.355. The highest BCUT2D eigenvalue weighted by Crippen LogP contribution is 2.45. The molecule has 0 radical (unpaired) electrons. The summed E-state index contributed by atoms with van der Waals surface area (Å²) in [6.07, 6.45) is 5.22. The summed E-state index contributed by atoms with van der Waals surface area (Å²) in [6, 6.07) is 54.6. The van der Waals surface area contributed by atoms with E-state index < -0.39 is 0 Å². The number of hydrogen-bond acceptors (Lipinski definition) is 2. The third kappa shape index (κ3) is 5.54. The van der Waals surface area contributed by atoms with Gasteiger partial charge in [-0.15, -0.1) is 0 Å². The zero-order chi connectivity index (χ0) is 37.0. The number of hydrogen-bond donors (Lipinski definition) is 0. The Morgan fingerprint density at radius 3 is 2.20 bits per heavy atom. The van der Waals surface area contributed by atoms with Crippen LogP contribution in [0, 0.1) is 6.92 Å². The summed E-state index contributed by atoms with van der Waals surface area (Å²) in [5.74, 6) is -0.355. The lowest BCUT2D eigenvalue weighted by molar-refractivity contribution is -0.769. The number of aryl methyl sites for hydroxylation is 2. The summed E-state index contributed by atoms with van der Waals surface area (Å²) in [5, 5.41) is 2.39. The molecule has 5 heteroatoms. The van der Waals surface area contributed by atoms with Crippen molar-refractivity contribution in [1.29, 1.82) is 0 Å². The highest BCUT2D eigenvalue weighted by atomic mass is 16.5. The number of esters is 1. The fraction of sp³-hybridized carbons (Fsp3) is 0.120. The molecule has 0 saturated carbocycles. The van der Waals surface area contributed by atoms with E-state index in [2.05, 4.69) is 179 Å². The topological polar surface area (TPSA) is 37.9 Å². The summed E-state index contributed by atoms with van der Waals surface area (Å²) in [6.45, 7) is 3.28. The van der Waals surface area contributed by atoms with E-state index in [1.165, 1.54) is 68.2 Å². The number of pyridine rings is 3. The van der Waals surface area contributed by atoms with E-state index in [0.29, 0.717) is 18.8 Å². The lowest BCUT2D eigenvalue weighted by Gasteiger charge is -2.19. The zero-order valence-electron chi connectivity index (χ0n) is 30.9. The van der Waals surface area contributed by atoms with Gasteiger partial charge < -0.3 is 4.74 Å². The number of benzene rings is 5. The highest BCUT2D eigenvalue weighted by Gasteiger charge is 2.42. The molecule has 0 spiro atoms. The van der Waals surface area contributed by atoms with Gasteiger partial charge in [-0.25, -0.2) is 4.79 Å². The predicted octanol–water partition coefficient (Wildman–Crippen LogP) is 9.29. The van der Waals surface area contributed by atoms with Crippen molar-refractivity contribution in [2.45, 2.75) is 32.5 Å². The second-order valence-electron chi connectivity index (χ2n) is 14.7. The average molecular weight is 715 g/mol. The van der Waals surface area contributed by atoms with E-state index in [0.717, 1.165) is 28.8 Å². The second kappa shape index (κ2) is 13.3. The second-order valence-corrected chi connectivity index (χ2v) is 14.7. The van der Waals surface area contributed by atoms with Crippen molar-refractivity contribution >= 4 is 16.7 Å². The summed E-state index contributed by atoms with van der Waals surface area (Å²) >= 11 is 0. The van der Waals surface area contributed by atoms with Gasteiger partial charge in [0.15, 0.2) is 18.4 Å². The van der Waals surface area contributed by atoms with Crippen molar-refractivity contribution in [3.63, 3.8) is 0 Å². The van der Waals surface area contributed by atoms with Crippen molar-refractivity contribution in [1.82, 2.24) is 0 Å². The van der Waals surface area contributed by atoms with Crippen LogP contribution in [0.1, 0.15) is 33.2 Å². The van der Waals surface area contributed by atoms with Crippen molar-refractivity contribution in [3.05, 3.63) is 186 Å². The third-order valence-electron chi connectivity index (χ3n) is 11.5. The smallest absolute Gasteiger partial charge is 0.403 e. The Bertz CT molecular complexity index is 2810. The number of carbonyl (C=O) groups is 1. The first-order chi connectivity index (χ1) is 27.1. The SMILES string of the molecule is COC(=O)c1cc(-c2ccc(C)cc2)cc2[n+]1CC[n+]1ccc3ccccc3c1-c1cc(-c3ccccc3)cc3c1C(Cc1ccccc1-2)[n+]1ccccc1-3. The molecule has 2 aliphatic heterocycles. The number of fused-ring (bicyclic) bond motifs is 10. The minimum absolute atomic E-state index is 0.0211. The standard InChI is InChI=1S/C50H40N3O2/c1-33-19-21-35(22-20-33)39-31-45-40-16-8-7-15-37(40)30-46-48-42(44-18-10-11-24-52(44)46)28-38(34-12-4-3-5-13-34)29-43(48)49-41-17-9-6-14-36(41)23-25-51(49)26-27-53(45)47(32-39)50(54)55-2/h3-25,28-29,31-32,46H,26-27,30H2,1-2H3/q+3. The van der Waals surface area contributed by atoms with Gasteiger partial charge in [0, 0.05) is 47.9 Å². The Labute approximate surface area is 321 Å². The van der Waals surface area contributed by atoms with Crippen LogP contribution in [0.15, 0.2) is 164 Å². The summed E-state index contributed by atoms with van der Waals surface area (Å²) in [4.78, 5) is 13.9. The van der Waals surface area contributed by atoms with Crippen LogP contribution < -0.4 is 13.7 Å². The molecular formula is C50H40N3O2+3. The molecule has 5 heterocycles. The molecule has 10 rings (SSSR count). The Morgan fingerprint density at radius 1 is 0.618 bits per heavy atom. The molecule has 1 atom stereocenters. The highest BCUT2D eigenvalue weighted by molar-refractivity contribution is 5.96. The van der Waals surface area contributed by atoms with Crippen LogP contribution in [0.2, 0.25) is 0 Å². The average Bonchev–Trinajstić information content (AvgIpc) is 3.55. The number of ether oxygens (including phenoxy) is 1. The first kappa shape index (κ1) is 32.9. The number of aromatic nitrogens is 3. The Hall–Kier alpha value is -6.72. The molecule has 264 valence electrons. The van der Waals surface area contributed by atoms with Gasteiger partial charge in [-0.2, -0.15) is 13.7 Å². The van der Waals surface area contributed by atoms with Gasteiger partial charge in [0.25, 0.3) is 5.69 Å². The molecule has 5 nitrogen and oxygen atoms in total. The predicted molar refractivity (Wildman–Crippen MR) is 216 cm³/mol. The quantitative estimate of drug-likeness (QED) is 0.135. The van der Waals surface area contributed by atoms with E-state index in [-0.39, 0.29) is 12.0 Å². The largest absolute Gasteiger partial charge is 0.461 e. The van der Waals surface area contributed by atoms with Crippen molar-refractivity contribution in [3.8, 4) is 56.0 Å². The molecule has 0 aliphatic carbocycles. The molecule has 5 aromatic carbocycles. The van der Waals surface area contributed by atoms with Crippen LogP contribution in [-0.2, 0) is 24.2 Å². The van der Waals surface area contributed by atoms with E-state index in [4.69, 9.17) is 4.74 Å². The minimum Gasteiger partial charge on any atom is -0.461 e. The van der Waals surface area contributed by atoms with Crippen LogP contribution in [0.5, 0.6) is 0 Å². The monoisotopic (exact) mass is 714 g/mol. The third-order valence-corrected chi connectivity index (χ3v) is 11.5. The molecule has 0 fully saturated rings. The normalized spacial score (nSPS) is 14.0. The number of carbonyl (C=O) groups excluding carboxylic acids is 1. The molecule has 3 aromatic heterocycles. The summed E-state index contributed by atoms with van der Waals surface area (Å²) in [7, 11) is 1.47. The van der Waals surface area contributed by atoms with Crippen LogP contribution >= 0.6 is 0 Å². The number of nitrogens with zero attached hydrogens (tertiary/aromatic N) is 3. The molecular weight excluding hydrogens is 675 g/mol. The van der Waals surface area contributed by atoms with Gasteiger partial charge in [-0.1, -0.05) is 96.6 Å². The van der Waals surface area contributed by atoms with Crippen molar-refractivity contribution < 1.29 is 23.2 Å². The first-order valence-electron chi connectivity index (χ1n) is 19.0. The van der Waals surface area contributed by atoms with Crippen molar-refractivity contribution in [2.24, 2.45) is 0 Å². The Balaban J connectivity index is 1.30. The van der Waals surface area contributed by atoms with Crippen LogP contribution in [-0.4, -0.2) is 13.1 Å². The molecule has 0 amide bonds. The van der Waals surface area contributed by atoms with Crippen molar-refractivity contribution in [2.75, 3.05) is 7.11 Å². The molecule has 1 unspecified atom stereocenters. The van der Waals surface area contributed by atoms with E-state index in [9.17, 15) is 4.79 Å². The fourth-order valence-electron chi connectivity index (χ4n) is 8.89. The van der Waals surface area contributed by atoms with E-state index in [1.54, 1.807) is 0 Å². The summed E-state index contributed by atoms with van der Waals surface area (Å²) in [5.41, 5.74) is 15.7. The van der Waals surface area contributed by atoms with E-state index in [1.807, 2.05) is 6.07 Å². The maximum atomic E-state index is 13.9.